The summed E-state index contributed by atoms with van der Waals surface area (Å²) >= 11 is 9.91. The maximum atomic E-state index is 6.25. The van der Waals surface area contributed by atoms with Crippen molar-refractivity contribution in [3.8, 4) is 5.75 Å². The number of hydrogen-bond acceptors (Lipinski definition) is 1. The highest BCUT2D eigenvalue weighted by molar-refractivity contribution is 9.09. The molecule has 110 valence electrons. The number of hydrogen-bond donors (Lipinski definition) is 0. The van der Waals surface area contributed by atoms with Gasteiger partial charge in [0.15, 0.2) is 0 Å². The number of ether oxygens (including phenoxy) is 1. The third-order valence-electron chi connectivity index (χ3n) is 4.03. The van der Waals surface area contributed by atoms with Gasteiger partial charge in [0.1, 0.15) is 5.75 Å². The molecule has 2 aromatic rings. The fourth-order valence-corrected chi connectivity index (χ4v) is 3.73. The van der Waals surface area contributed by atoms with Gasteiger partial charge in [-0.25, -0.2) is 0 Å². The Morgan fingerprint density at radius 2 is 2.00 bits per heavy atom. The first-order valence-electron chi connectivity index (χ1n) is 7.24. The lowest BCUT2D eigenvalue weighted by molar-refractivity contribution is 0.353. The number of benzene rings is 2. The maximum Gasteiger partial charge on any atom is 0.125 e. The number of rotatable bonds is 4. The van der Waals surface area contributed by atoms with E-state index in [-0.39, 0.29) is 0 Å². The minimum Gasteiger partial charge on any atom is -0.493 e. The number of alkyl halides is 1. The van der Waals surface area contributed by atoms with Crippen molar-refractivity contribution in [2.75, 3.05) is 11.9 Å². The van der Waals surface area contributed by atoms with Gasteiger partial charge in [-0.2, -0.15) is 0 Å². The molecule has 1 nitrogen and oxygen atoms in total. The number of fused-ring (bicyclic) bond motifs is 1. The van der Waals surface area contributed by atoms with Crippen LogP contribution in [0.2, 0.25) is 5.02 Å². The Balaban J connectivity index is 1.89. The van der Waals surface area contributed by atoms with Crippen LogP contribution in [0.4, 0.5) is 0 Å². The van der Waals surface area contributed by atoms with Gasteiger partial charge in [0.25, 0.3) is 0 Å². The zero-order valence-corrected chi connectivity index (χ0v) is 14.4. The van der Waals surface area contributed by atoms with E-state index in [1.54, 1.807) is 0 Å². The van der Waals surface area contributed by atoms with Crippen LogP contribution in [0.5, 0.6) is 5.75 Å². The average Bonchev–Trinajstić information content (AvgIpc) is 2.94. The van der Waals surface area contributed by atoms with E-state index in [2.05, 4.69) is 53.2 Å². The Hall–Kier alpha value is -0.990. The van der Waals surface area contributed by atoms with Crippen LogP contribution in [0.3, 0.4) is 0 Å². The van der Waals surface area contributed by atoms with Crippen molar-refractivity contribution in [2.45, 2.75) is 25.7 Å². The summed E-state index contributed by atoms with van der Waals surface area (Å²) in [4.78, 5) is 0. The number of halogens is 2. The summed E-state index contributed by atoms with van der Waals surface area (Å²) in [5, 5.41) is 1.74. The molecule has 0 bridgehead atoms. The summed E-state index contributed by atoms with van der Waals surface area (Å²) in [6.45, 7) is 2.89. The van der Waals surface area contributed by atoms with Crippen LogP contribution in [0.1, 0.15) is 28.2 Å². The van der Waals surface area contributed by atoms with Crippen molar-refractivity contribution in [1.82, 2.24) is 0 Å². The first kappa shape index (κ1) is 14.9. The highest BCUT2D eigenvalue weighted by atomic mass is 79.9. The lowest BCUT2D eigenvalue weighted by Gasteiger charge is -2.17. The molecule has 2 aromatic carbocycles. The van der Waals surface area contributed by atoms with E-state index in [0.717, 1.165) is 35.6 Å². The van der Waals surface area contributed by atoms with Crippen LogP contribution < -0.4 is 4.74 Å². The van der Waals surface area contributed by atoms with Gasteiger partial charge < -0.3 is 4.74 Å². The van der Waals surface area contributed by atoms with Gasteiger partial charge in [0, 0.05) is 16.8 Å². The molecule has 0 amide bonds. The molecule has 0 N–H and O–H groups in total. The monoisotopic (exact) mass is 364 g/mol. The van der Waals surface area contributed by atoms with Crippen molar-refractivity contribution < 1.29 is 4.74 Å². The predicted molar refractivity (Wildman–Crippen MR) is 92.1 cm³/mol. The van der Waals surface area contributed by atoms with Crippen molar-refractivity contribution in [2.24, 2.45) is 0 Å². The highest BCUT2D eigenvalue weighted by Gasteiger charge is 2.20. The quantitative estimate of drug-likeness (QED) is 0.668. The largest absolute Gasteiger partial charge is 0.493 e. The van der Waals surface area contributed by atoms with Gasteiger partial charge in [-0.05, 0) is 48.1 Å². The van der Waals surface area contributed by atoms with Gasteiger partial charge in [-0.3, -0.25) is 0 Å². The van der Waals surface area contributed by atoms with Crippen molar-refractivity contribution in [1.29, 1.82) is 0 Å². The smallest absolute Gasteiger partial charge is 0.125 e. The maximum absolute atomic E-state index is 6.25. The Kier molecular flexibility index (Phi) is 4.56. The van der Waals surface area contributed by atoms with Crippen LogP contribution in [0.15, 0.2) is 36.4 Å². The van der Waals surface area contributed by atoms with Gasteiger partial charge in [0.05, 0.1) is 6.61 Å². The van der Waals surface area contributed by atoms with E-state index < -0.39 is 0 Å². The lowest BCUT2D eigenvalue weighted by Crippen LogP contribution is -2.06. The first-order chi connectivity index (χ1) is 10.2. The zero-order valence-electron chi connectivity index (χ0n) is 12.0. The van der Waals surface area contributed by atoms with Crippen molar-refractivity contribution in [3.63, 3.8) is 0 Å². The Morgan fingerprint density at radius 1 is 1.24 bits per heavy atom. The molecule has 1 aliphatic rings. The normalized spacial score (nSPS) is 14.6. The molecule has 0 saturated carbocycles. The van der Waals surface area contributed by atoms with Crippen LogP contribution in [-0.4, -0.2) is 11.9 Å². The molecule has 0 aromatic heterocycles. The summed E-state index contributed by atoms with van der Waals surface area (Å²) in [5.41, 5.74) is 5.11. The van der Waals surface area contributed by atoms with Crippen molar-refractivity contribution >= 4 is 27.5 Å². The first-order valence-corrected chi connectivity index (χ1v) is 8.74. The number of aryl methyl sites for hydroxylation is 1. The van der Waals surface area contributed by atoms with E-state index in [1.165, 1.54) is 22.3 Å². The zero-order chi connectivity index (χ0) is 14.8. The van der Waals surface area contributed by atoms with Gasteiger partial charge in [-0.1, -0.05) is 57.4 Å². The predicted octanol–water partition coefficient (Wildman–Crippen LogP) is 5.30. The molecule has 1 heterocycles. The second-order valence-corrected chi connectivity index (χ2v) is 6.70. The van der Waals surface area contributed by atoms with E-state index in [9.17, 15) is 0 Å². The summed E-state index contributed by atoms with van der Waals surface area (Å²) in [6.07, 6.45) is 1.91. The standard InChI is InChI=1S/C18H18BrClO/c1-12-2-4-13(5-3-12)16(11-19)8-15-10-17(20)9-14-6-7-21-18(14)15/h2-5,9-10,16H,6-8,11H2,1H3. The molecule has 1 atom stereocenters. The van der Waals surface area contributed by atoms with E-state index >= 15 is 0 Å². The molecular formula is C18H18BrClO. The summed E-state index contributed by atoms with van der Waals surface area (Å²) in [7, 11) is 0. The second-order valence-electron chi connectivity index (χ2n) is 5.62. The molecule has 0 spiro atoms. The van der Waals surface area contributed by atoms with E-state index in [0.29, 0.717) is 5.92 Å². The second kappa shape index (κ2) is 6.41. The third kappa shape index (κ3) is 3.27. The lowest BCUT2D eigenvalue weighted by atomic mass is 9.92. The van der Waals surface area contributed by atoms with Crippen LogP contribution >= 0.6 is 27.5 Å². The van der Waals surface area contributed by atoms with Crippen molar-refractivity contribution in [3.05, 3.63) is 63.7 Å². The molecule has 21 heavy (non-hydrogen) atoms. The van der Waals surface area contributed by atoms with Gasteiger partial charge >= 0.3 is 0 Å². The van der Waals surface area contributed by atoms with E-state index in [4.69, 9.17) is 16.3 Å². The van der Waals surface area contributed by atoms with Crippen LogP contribution in [0, 0.1) is 6.92 Å². The molecular weight excluding hydrogens is 348 g/mol. The van der Waals surface area contributed by atoms with Crippen LogP contribution in [-0.2, 0) is 12.8 Å². The Bertz CT molecular complexity index is 636. The Morgan fingerprint density at radius 3 is 2.71 bits per heavy atom. The van der Waals surface area contributed by atoms with Gasteiger partial charge in [0.2, 0.25) is 0 Å². The Labute approximate surface area is 139 Å². The molecule has 3 heteroatoms. The summed E-state index contributed by atoms with van der Waals surface area (Å²) in [5.74, 6) is 1.48. The fraction of sp³-hybridized carbons (Fsp3) is 0.333. The summed E-state index contributed by atoms with van der Waals surface area (Å²) in [6, 6.07) is 12.9. The topological polar surface area (TPSA) is 9.23 Å². The molecule has 0 aliphatic carbocycles. The summed E-state index contributed by atoms with van der Waals surface area (Å²) < 4.78 is 5.81. The fourth-order valence-electron chi connectivity index (χ4n) is 2.86. The van der Waals surface area contributed by atoms with E-state index in [1.807, 2.05) is 6.07 Å². The molecule has 1 aliphatic heterocycles. The third-order valence-corrected chi connectivity index (χ3v) is 5.03. The highest BCUT2D eigenvalue weighted by Crippen LogP contribution is 2.36. The molecule has 0 saturated heterocycles. The molecule has 0 radical (unpaired) electrons. The average molecular weight is 366 g/mol. The molecule has 0 fully saturated rings. The van der Waals surface area contributed by atoms with Crippen LogP contribution in [0.25, 0.3) is 0 Å². The molecule has 3 rings (SSSR count). The minimum absolute atomic E-state index is 0.428. The molecule has 1 unspecified atom stereocenters. The minimum atomic E-state index is 0.428. The van der Waals surface area contributed by atoms with Gasteiger partial charge in [-0.15, -0.1) is 0 Å². The SMILES string of the molecule is Cc1ccc(C(CBr)Cc2cc(Cl)cc3c2OCC3)cc1.